The molecule has 6 nitrogen and oxygen atoms in total. The van der Waals surface area contributed by atoms with Crippen molar-refractivity contribution in [2.45, 2.75) is 18.9 Å². The third kappa shape index (κ3) is 3.75. The quantitative estimate of drug-likeness (QED) is 0.524. The van der Waals surface area contributed by atoms with E-state index in [9.17, 15) is 4.79 Å². The molecular weight excluding hydrogens is 398 g/mol. The Balaban J connectivity index is 1.30. The summed E-state index contributed by atoms with van der Waals surface area (Å²) in [5, 5.41) is 7.25. The summed E-state index contributed by atoms with van der Waals surface area (Å²) in [5.41, 5.74) is 6.70. The molecule has 0 radical (unpaired) electrons. The lowest BCUT2D eigenvalue weighted by Crippen LogP contribution is -2.45. The zero-order valence-electron chi connectivity index (χ0n) is 18.2. The predicted molar refractivity (Wildman–Crippen MR) is 127 cm³/mol. The second kappa shape index (κ2) is 8.30. The van der Waals surface area contributed by atoms with Crippen molar-refractivity contribution in [2.24, 2.45) is 7.05 Å². The minimum absolute atomic E-state index is 0.0335. The largest absolute Gasteiger partial charge is 0.362 e. The van der Waals surface area contributed by atoms with E-state index in [4.69, 9.17) is 0 Å². The van der Waals surface area contributed by atoms with Crippen molar-refractivity contribution in [3.63, 3.8) is 0 Å². The van der Waals surface area contributed by atoms with Crippen LogP contribution in [0.5, 0.6) is 0 Å². The number of likely N-dealkylation sites (N-methyl/N-ethyl adjacent to an activating group) is 1. The Morgan fingerprint density at radius 1 is 0.969 bits per heavy atom. The van der Waals surface area contributed by atoms with Crippen molar-refractivity contribution in [1.82, 2.24) is 14.8 Å². The predicted octanol–water partition coefficient (Wildman–Crippen LogP) is 4.54. The SMILES string of the molecule is CN1c2ccc(-c3ccnn3C)cc2CCC1C(=O)Nc1ccc(-c2ccccc2)cn1. The van der Waals surface area contributed by atoms with Gasteiger partial charge >= 0.3 is 0 Å². The molecule has 32 heavy (non-hydrogen) atoms. The number of amides is 1. The Morgan fingerprint density at radius 3 is 2.50 bits per heavy atom. The second-order valence-electron chi connectivity index (χ2n) is 8.14. The minimum atomic E-state index is -0.236. The van der Waals surface area contributed by atoms with E-state index in [-0.39, 0.29) is 11.9 Å². The molecule has 3 heterocycles. The topological polar surface area (TPSA) is 63.1 Å². The molecule has 0 saturated heterocycles. The van der Waals surface area contributed by atoms with Crippen LogP contribution in [0, 0.1) is 0 Å². The molecule has 1 unspecified atom stereocenters. The molecule has 0 bridgehead atoms. The fraction of sp³-hybridized carbons (Fsp3) is 0.192. The number of rotatable bonds is 4. The molecule has 5 rings (SSSR count). The highest BCUT2D eigenvalue weighted by atomic mass is 16.2. The molecule has 0 saturated carbocycles. The Morgan fingerprint density at radius 2 is 1.78 bits per heavy atom. The van der Waals surface area contributed by atoms with Gasteiger partial charge in [-0.1, -0.05) is 36.4 Å². The zero-order chi connectivity index (χ0) is 22.1. The highest BCUT2D eigenvalue weighted by Crippen LogP contribution is 2.33. The number of nitrogens with one attached hydrogen (secondary N) is 1. The number of pyridine rings is 1. The molecule has 2 aromatic carbocycles. The van der Waals surface area contributed by atoms with Gasteiger partial charge in [-0.15, -0.1) is 0 Å². The first kappa shape index (κ1) is 20.0. The van der Waals surface area contributed by atoms with E-state index in [2.05, 4.69) is 38.5 Å². The Hall–Kier alpha value is -3.93. The van der Waals surface area contributed by atoms with Crippen molar-refractivity contribution >= 4 is 17.4 Å². The van der Waals surface area contributed by atoms with Crippen LogP contribution >= 0.6 is 0 Å². The molecule has 2 aromatic heterocycles. The first-order chi connectivity index (χ1) is 15.6. The number of anilines is 2. The Bertz CT molecular complexity index is 1250. The number of fused-ring (bicyclic) bond motifs is 1. The zero-order valence-corrected chi connectivity index (χ0v) is 18.2. The van der Waals surface area contributed by atoms with E-state index >= 15 is 0 Å². The van der Waals surface area contributed by atoms with Gasteiger partial charge in [0.1, 0.15) is 11.9 Å². The maximum Gasteiger partial charge on any atom is 0.248 e. The Labute approximate surface area is 187 Å². The van der Waals surface area contributed by atoms with Crippen LogP contribution in [0.1, 0.15) is 12.0 Å². The monoisotopic (exact) mass is 423 g/mol. The van der Waals surface area contributed by atoms with Crippen molar-refractivity contribution in [2.75, 3.05) is 17.3 Å². The number of hydrogen-bond donors (Lipinski definition) is 1. The Kier molecular flexibility index (Phi) is 5.19. The van der Waals surface area contributed by atoms with Crippen LogP contribution in [-0.4, -0.2) is 33.8 Å². The third-order valence-corrected chi connectivity index (χ3v) is 6.16. The van der Waals surface area contributed by atoms with Gasteiger partial charge in [0, 0.05) is 43.3 Å². The molecule has 6 heteroatoms. The van der Waals surface area contributed by atoms with Gasteiger partial charge in [0.15, 0.2) is 0 Å². The van der Waals surface area contributed by atoms with Gasteiger partial charge in [-0.2, -0.15) is 5.10 Å². The molecule has 0 fully saturated rings. The van der Waals surface area contributed by atoms with Crippen molar-refractivity contribution in [1.29, 1.82) is 0 Å². The van der Waals surface area contributed by atoms with Gasteiger partial charge in [-0.25, -0.2) is 4.98 Å². The number of aryl methyl sites for hydroxylation is 2. The number of carbonyl (C=O) groups excluding carboxylic acids is 1. The normalized spacial score (nSPS) is 15.3. The lowest BCUT2D eigenvalue weighted by molar-refractivity contribution is -0.117. The summed E-state index contributed by atoms with van der Waals surface area (Å²) < 4.78 is 1.88. The van der Waals surface area contributed by atoms with Gasteiger partial charge in [-0.05, 0) is 54.3 Å². The van der Waals surface area contributed by atoms with Crippen LogP contribution in [0.4, 0.5) is 11.5 Å². The van der Waals surface area contributed by atoms with Gasteiger partial charge in [0.25, 0.3) is 0 Å². The van der Waals surface area contributed by atoms with Gasteiger partial charge in [-0.3, -0.25) is 9.48 Å². The van der Waals surface area contributed by atoms with E-state index in [1.807, 2.05) is 73.5 Å². The summed E-state index contributed by atoms with van der Waals surface area (Å²) in [6, 6.07) is 22.1. The molecule has 1 atom stereocenters. The number of aromatic nitrogens is 3. The van der Waals surface area contributed by atoms with E-state index in [0.29, 0.717) is 5.82 Å². The summed E-state index contributed by atoms with van der Waals surface area (Å²) in [4.78, 5) is 19.6. The van der Waals surface area contributed by atoms with Crippen LogP contribution in [0.25, 0.3) is 22.4 Å². The average molecular weight is 424 g/mol. The maximum atomic E-state index is 13.0. The molecule has 160 valence electrons. The summed E-state index contributed by atoms with van der Waals surface area (Å²) in [6.45, 7) is 0. The number of benzene rings is 2. The number of carbonyl (C=O) groups is 1. The lowest BCUT2D eigenvalue weighted by atomic mass is 9.93. The molecule has 1 aliphatic rings. The minimum Gasteiger partial charge on any atom is -0.362 e. The fourth-order valence-corrected chi connectivity index (χ4v) is 4.39. The fourth-order valence-electron chi connectivity index (χ4n) is 4.39. The van der Waals surface area contributed by atoms with Crippen LogP contribution in [0.15, 0.2) is 79.1 Å². The van der Waals surface area contributed by atoms with E-state index < -0.39 is 0 Å². The molecule has 0 spiro atoms. The summed E-state index contributed by atoms with van der Waals surface area (Å²) >= 11 is 0. The van der Waals surface area contributed by atoms with Crippen LogP contribution in [0.2, 0.25) is 0 Å². The van der Waals surface area contributed by atoms with Crippen molar-refractivity contribution in [3.8, 4) is 22.4 Å². The summed E-state index contributed by atoms with van der Waals surface area (Å²) in [6.07, 6.45) is 5.21. The van der Waals surface area contributed by atoms with Crippen molar-refractivity contribution < 1.29 is 4.79 Å². The summed E-state index contributed by atoms with van der Waals surface area (Å²) in [5.74, 6) is 0.536. The van der Waals surface area contributed by atoms with E-state index in [1.165, 1.54) is 5.56 Å². The molecule has 1 aliphatic heterocycles. The molecule has 0 aliphatic carbocycles. The molecule has 1 N–H and O–H groups in total. The van der Waals surface area contributed by atoms with Crippen molar-refractivity contribution in [3.05, 3.63) is 84.7 Å². The first-order valence-corrected chi connectivity index (χ1v) is 10.8. The van der Waals surface area contributed by atoms with Gasteiger partial charge in [0.05, 0.1) is 5.69 Å². The van der Waals surface area contributed by atoms with Crippen LogP contribution in [0.3, 0.4) is 0 Å². The van der Waals surface area contributed by atoms with Crippen LogP contribution < -0.4 is 10.2 Å². The average Bonchev–Trinajstić information content (AvgIpc) is 3.26. The molecular formula is C26H25N5O. The second-order valence-corrected chi connectivity index (χ2v) is 8.14. The standard InChI is InChI=1S/C26H25N5O/c1-30-22-11-8-20(23-14-15-28-31(23)2)16-19(22)9-12-24(30)26(32)29-25-13-10-21(17-27-25)18-6-4-3-5-7-18/h3-8,10-11,13-17,24H,9,12H2,1-2H3,(H,27,29,32). The highest BCUT2D eigenvalue weighted by molar-refractivity contribution is 5.97. The number of hydrogen-bond acceptors (Lipinski definition) is 4. The smallest absolute Gasteiger partial charge is 0.248 e. The first-order valence-electron chi connectivity index (χ1n) is 10.8. The lowest BCUT2D eigenvalue weighted by Gasteiger charge is -2.35. The van der Waals surface area contributed by atoms with Gasteiger partial charge in [0.2, 0.25) is 5.91 Å². The summed E-state index contributed by atoms with van der Waals surface area (Å²) in [7, 11) is 3.93. The maximum absolute atomic E-state index is 13.0. The molecule has 1 amide bonds. The third-order valence-electron chi connectivity index (χ3n) is 6.16. The van der Waals surface area contributed by atoms with Gasteiger partial charge < -0.3 is 10.2 Å². The number of nitrogens with zero attached hydrogens (tertiary/aromatic N) is 4. The molecule has 4 aromatic rings. The van der Waals surface area contributed by atoms with Crippen LogP contribution in [-0.2, 0) is 18.3 Å². The highest BCUT2D eigenvalue weighted by Gasteiger charge is 2.29. The van der Waals surface area contributed by atoms with E-state index in [1.54, 1.807) is 6.20 Å². The van der Waals surface area contributed by atoms with E-state index in [0.717, 1.165) is 40.9 Å².